The van der Waals surface area contributed by atoms with Crippen molar-refractivity contribution in [3.05, 3.63) is 35.4 Å². The summed E-state index contributed by atoms with van der Waals surface area (Å²) < 4.78 is 26.8. The van der Waals surface area contributed by atoms with Gasteiger partial charge in [-0.3, -0.25) is 14.6 Å². The average Bonchev–Trinajstić information content (AvgIpc) is 2.92. The van der Waals surface area contributed by atoms with Crippen LogP contribution >= 0.6 is 0 Å². The molecule has 3 heterocycles. The Labute approximate surface area is 140 Å². The number of hydrogen-bond donors (Lipinski definition) is 1. The Morgan fingerprint density at radius 2 is 2.00 bits per heavy atom. The van der Waals surface area contributed by atoms with E-state index in [1.807, 2.05) is 0 Å². The van der Waals surface area contributed by atoms with Gasteiger partial charge in [-0.25, -0.2) is 8.78 Å². The Balaban J connectivity index is 1.38. The van der Waals surface area contributed by atoms with Crippen LogP contribution < -0.4 is 5.32 Å². The van der Waals surface area contributed by atoms with Crippen molar-refractivity contribution in [2.75, 3.05) is 32.7 Å². The summed E-state index contributed by atoms with van der Waals surface area (Å²) in [6, 6.07) is 3.85. The van der Waals surface area contributed by atoms with Gasteiger partial charge in [-0.05, 0) is 43.8 Å². The summed E-state index contributed by atoms with van der Waals surface area (Å²) in [5.41, 5.74) is 0.778. The first kappa shape index (κ1) is 16.0. The van der Waals surface area contributed by atoms with Crippen LogP contribution in [0.4, 0.5) is 8.78 Å². The van der Waals surface area contributed by atoms with Crippen molar-refractivity contribution in [1.82, 2.24) is 15.1 Å². The monoisotopic (exact) mass is 335 g/mol. The highest BCUT2D eigenvalue weighted by molar-refractivity contribution is 5.83. The topological polar surface area (TPSA) is 35.6 Å². The van der Waals surface area contributed by atoms with Crippen LogP contribution in [-0.2, 0) is 11.3 Å². The highest BCUT2D eigenvalue weighted by Crippen LogP contribution is 2.44. The molecule has 3 fully saturated rings. The number of nitrogens with one attached hydrogen (secondary N) is 1. The van der Waals surface area contributed by atoms with Crippen LogP contribution in [0.5, 0.6) is 0 Å². The molecule has 130 valence electrons. The molecular formula is C18H23F2N3O. The fraction of sp³-hybridized carbons (Fsp3) is 0.611. The third kappa shape index (κ3) is 2.93. The van der Waals surface area contributed by atoms with Crippen molar-refractivity contribution in [2.45, 2.75) is 31.8 Å². The van der Waals surface area contributed by atoms with Gasteiger partial charge >= 0.3 is 0 Å². The third-order valence-electron chi connectivity index (χ3n) is 5.93. The van der Waals surface area contributed by atoms with Crippen molar-refractivity contribution in [3.63, 3.8) is 0 Å². The number of amides is 1. The molecule has 1 atom stereocenters. The zero-order valence-corrected chi connectivity index (χ0v) is 13.7. The van der Waals surface area contributed by atoms with Gasteiger partial charge in [0.2, 0.25) is 5.91 Å². The number of rotatable bonds is 2. The molecule has 0 aliphatic carbocycles. The second-order valence-electron chi connectivity index (χ2n) is 7.49. The summed E-state index contributed by atoms with van der Waals surface area (Å²) in [6.07, 6.45) is 3.02. The number of halogens is 2. The molecule has 1 unspecified atom stereocenters. The summed E-state index contributed by atoms with van der Waals surface area (Å²) in [5.74, 6) is -0.825. The Morgan fingerprint density at radius 1 is 1.21 bits per heavy atom. The molecule has 1 N–H and O–H groups in total. The van der Waals surface area contributed by atoms with E-state index in [0.717, 1.165) is 58.1 Å². The van der Waals surface area contributed by atoms with E-state index in [0.29, 0.717) is 12.1 Å². The van der Waals surface area contributed by atoms with Crippen LogP contribution in [0.3, 0.4) is 0 Å². The standard InChI is InChI=1S/C18H23F2N3O/c19-14-2-1-13(15(20)9-14)11-22-6-3-18(4-7-22)10-16-17(24)21-5-8-23(16)12-18/h1-2,9,16H,3-8,10-12H2,(H,21,24). The minimum absolute atomic E-state index is 0.0415. The molecule has 0 radical (unpaired) electrons. The molecule has 3 aliphatic rings. The van der Waals surface area contributed by atoms with Gasteiger partial charge in [0, 0.05) is 37.8 Å². The molecule has 0 saturated carbocycles. The first-order valence-electron chi connectivity index (χ1n) is 8.73. The van der Waals surface area contributed by atoms with Gasteiger partial charge in [-0.2, -0.15) is 0 Å². The molecule has 24 heavy (non-hydrogen) atoms. The molecule has 1 aromatic carbocycles. The lowest BCUT2D eigenvalue weighted by Crippen LogP contribution is -2.52. The normalized spacial score (nSPS) is 27.2. The van der Waals surface area contributed by atoms with E-state index in [4.69, 9.17) is 0 Å². The largest absolute Gasteiger partial charge is 0.353 e. The molecule has 4 rings (SSSR count). The summed E-state index contributed by atoms with van der Waals surface area (Å²) in [5, 5.41) is 2.96. The highest BCUT2D eigenvalue weighted by atomic mass is 19.1. The average molecular weight is 335 g/mol. The van der Waals surface area contributed by atoms with E-state index in [1.54, 1.807) is 0 Å². The van der Waals surface area contributed by atoms with Gasteiger partial charge in [0.25, 0.3) is 0 Å². The van der Waals surface area contributed by atoms with Crippen molar-refractivity contribution in [2.24, 2.45) is 5.41 Å². The lowest BCUT2D eigenvalue weighted by atomic mass is 9.76. The van der Waals surface area contributed by atoms with Crippen molar-refractivity contribution < 1.29 is 13.6 Å². The Morgan fingerprint density at radius 3 is 2.71 bits per heavy atom. The van der Waals surface area contributed by atoms with Gasteiger partial charge in [0.05, 0.1) is 6.04 Å². The number of benzene rings is 1. The highest BCUT2D eigenvalue weighted by Gasteiger charge is 2.48. The fourth-order valence-corrected chi connectivity index (χ4v) is 4.52. The molecule has 0 bridgehead atoms. The molecule has 3 aliphatic heterocycles. The van der Waals surface area contributed by atoms with Crippen LogP contribution in [0, 0.1) is 17.0 Å². The maximum Gasteiger partial charge on any atom is 0.237 e. The van der Waals surface area contributed by atoms with Crippen LogP contribution in [0.1, 0.15) is 24.8 Å². The third-order valence-corrected chi connectivity index (χ3v) is 5.93. The van der Waals surface area contributed by atoms with E-state index in [-0.39, 0.29) is 17.4 Å². The Hall–Kier alpha value is -1.53. The predicted octanol–water partition coefficient (Wildman–Crippen LogP) is 1.75. The molecule has 0 aromatic heterocycles. The van der Waals surface area contributed by atoms with Gasteiger partial charge in [0.15, 0.2) is 0 Å². The SMILES string of the molecule is O=C1NCCN2CC3(CCN(Cc4ccc(F)cc4F)CC3)CC12. The zero-order chi connectivity index (χ0) is 16.7. The Bertz CT molecular complexity index is 643. The van der Waals surface area contributed by atoms with E-state index < -0.39 is 11.6 Å². The molecule has 3 saturated heterocycles. The van der Waals surface area contributed by atoms with Crippen molar-refractivity contribution in [3.8, 4) is 0 Å². The van der Waals surface area contributed by atoms with E-state index >= 15 is 0 Å². The summed E-state index contributed by atoms with van der Waals surface area (Å²) in [6.45, 7) is 5.03. The predicted molar refractivity (Wildman–Crippen MR) is 86.3 cm³/mol. The van der Waals surface area contributed by atoms with Gasteiger partial charge in [-0.1, -0.05) is 6.07 Å². The molecule has 1 amide bonds. The number of carbonyl (C=O) groups excluding carboxylic acids is 1. The second-order valence-corrected chi connectivity index (χ2v) is 7.49. The van der Waals surface area contributed by atoms with Crippen LogP contribution in [0.25, 0.3) is 0 Å². The molecule has 1 aromatic rings. The van der Waals surface area contributed by atoms with E-state index in [2.05, 4.69) is 15.1 Å². The van der Waals surface area contributed by atoms with Crippen LogP contribution in [-0.4, -0.2) is 54.5 Å². The maximum atomic E-state index is 13.8. The molecule has 6 heteroatoms. The number of nitrogens with zero attached hydrogens (tertiary/aromatic N) is 2. The maximum absolute atomic E-state index is 13.8. The van der Waals surface area contributed by atoms with Gasteiger partial charge in [0.1, 0.15) is 11.6 Å². The van der Waals surface area contributed by atoms with Crippen LogP contribution in [0.2, 0.25) is 0 Å². The number of piperazine rings is 1. The van der Waals surface area contributed by atoms with Gasteiger partial charge in [-0.15, -0.1) is 0 Å². The smallest absolute Gasteiger partial charge is 0.237 e. The number of fused-ring (bicyclic) bond motifs is 1. The lowest BCUT2D eigenvalue weighted by Gasteiger charge is -2.39. The summed E-state index contributed by atoms with van der Waals surface area (Å²) in [7, 11) is 0. The van der Waals surface area contributed by atoms with Crippen LogP contribution in [0.15, 0.2) is 18.2 Å². The molecular weight excluding hydrogens is 312 g/mol. The van der Waals surface area contributed by atoms with E-state index in [1.165, 1.54) is 12.1 Å². The number of carbonyl (C=O) groups is 1. The molecule has 4 nitrogen and oxygen atoms in total. The zero-order valence-electron chi connectivity index (χ0n) is 13.7. The number of likely N-dealkylation sites (tertiary alicyclic amines) is 1. The van der Waals surface area contributed by atoms with Gasteiger partial charge < -0.3 is 5.32 Å². The quantitative estimate of drug-likeness (QED) is 0.894. The number of piperidine rings is 1. The first-order chi connectivity index (χ1) is 11.5. The Kier molecular flexibility index (Phi) is 4.04. The lowest BCUT2D eigenvalue weighted by molar-refractivity contribution is -0.127. The fourth-order valence-electron chi connectivity index (χ4n) is 4.52. The minimum Gasteiger partial charge on any atom is -0.353 e. The second kappa shape index (κ2) is 6.08. The first-order valence-corrected chi connectivity index (χ1v) is 8.73. The molecule has 1 spiro atoms. The summed E-state index contributed by atoms with van der Waals surface area (Å²) in [4.78, 5) is 16.6. The minimum atomic E-state index is -0.533. The van der Waals surface area contributed by atoms with E-state index in [9.17, 15) is 13.6 Å². The van der Waals surface area contributed by atoms with Crippen molar-refractivity contribution >= 4 is 5.91 Å². The van der Waals surface area contributed by atoms with Crippen molar-refractivity contribution in [1.29, 1.82) is 0 Å². The number of hydrogen-bond acceptors (Lipinski definition) is 3. The summed E-state index contributed by atoms with van der Waals surface area (Å²) >= 11 is 0.